The van der Waals surface area contributed by atoms with Crippen LogP contribution in [0.25, 0.3) is 0 Å². The lowest BCUT2D eigenvalue weighted by Gasteiger charge is -2.24. The summed E-state index contributed by atoms with van der Waals surface area (Å²) in [6, 6.07) is 10.4. The van der Waals surface area contributed by atoms with E-state index >= 15 is 0 Å². The van der Waals surface area contributed by atoms with Crippen LogP contribution in [0.5, 0.6) is 0 Å². The van der Waals surface area contributed by atoms with Crippen molar-refractivity contribution in [2.24, 2.45) is 5.10 Å². The molecule has 0 bridgehead atoms. The standard InChI is InChI=1S/C17H13ClF3N3O2/c18-13-3-1-2-11(10-13)15-23-24(8-9-26-15)16(25)22-14-6-4-12(5-7-14)17(19,20)21/h1-7,10H,8-9H2,(H,22,25). The third-order valence-corrected chi connectivity index (χ3v) is 3.76. The van der Waals surface area contributed by atoms with Crippen molar-refractivity contribution in [1.82, 2.24) is 5.01 Å². The molecule has 3 rings (SSSR count). The second-order valence-electron chi connectivity index (χ2n) is 5.39. The van der Waals surface area contributed by atoms with Gasteiger partial charge in [0.2, 0.25) is 5.90 Å². The number of hydrogen-bond donors (Lipinski definition) is 1. The van der Waals surface area contributed by atoms with Gasteiger partial charge in [0.15, 0.2) is 0 Å². The number of urea groups is 1. The Morgan fingerprint density at radius 1 is 1.19 bits per heavy atom. The molecule has 0 aromatic heterocycles. The molecule has 26 heavy (non-hydrogen) atoms. The molecule has 1 heterocycles. The van der Waals surface area contributed by atoms with Gasteiger partial charge in [-0.05, 0) is 42.5 Å². The maximum absolute atomic E-state index is 12.6. The largest absolute Gasteiger partial charge is 0.474 e. The molecular formula is C17H13ClF3N3O2. The summed E-state index contributed by atoms with van der Waals surface area (Å²) in [6.45, 7) is 0.433. The van der Waals surface area contributed by atoms with Gasteiger partial charge in [-0.15, -0.1) is 5.10 Å². The maximum Gasteiger partial charge on any atom is 0.416 e. The van der Waals surface area contributed by atoms with Crippen LogP contribution in [0, 0.1) is 0 Å². The van der Waals surface area contributed by atoms with E-state index in [1.807, 2.05) is 0 Å². The molecule has 1 N–H and O–H groups in total. The first-order valence-corrected chi connectivity index (χ1v) is 7.94. The first-order valence-electron chi connectivity index (χ1n) is 7.56. The molecule has 5 nitrogen and oxygen atoms in total. The van der Waals surface area contributed by atoms with Crippen LogP contribution in [0.15, 0.2) is 53.6 Å². The summed E-state index contributed by atoms with van der Waals surface area (Å²) in [6.07, 6.45) is -4.43. The lowest BCUT2D eigenvalue weighted by Crippen LogP contribution is -2.38. The summed E-state index contributed by atoms with van der Waals surface area (Å²) in [5, 5.41) is 8.28. The number of ether oxygens (including phenoxy) is 1. The minimum absolute atomic E-state index is 0.205. The van der Waals surface area contributed by atoms with Crippen LogP contribution in [-0.4, -0.2) is 30.1 Å². The van der Waals surface area contributed by atoms with E-state index < -0.39 is 17.8 Å². The number of hydrogen-bond acceptors (Lipinski definition) is 3. The monoisotopic (exact) mass is 383 g/mol. The molecule has 1 aliphatic heterocycles. The Kier molecular flexibility index (Phi) is 5.03. The lowest BCUT2D eigenvalue weighted by molar-refractivity contribution is -0.137. The van der Waals surface area contributed by atoms with Crippen molar-refractivity contribution in [1.29, 1.82) is 0 Å². The quantitative estimate of drug-likeness (QED) is 0.825. The highest BCUT2D eigenvalue weighted by Crippen LogP contribution is 2.29. The van der Waals surface area contributed by atoms with Crippen LogP contribution in [0.4, 0.5) is 23.7 Å². The fraction of sp³-hybridized carbons (Fsp3) is 0.176. The molecule has 2 aromatic rings. The van der Waals surface area contributed by atoms with Crippen molar-refractivity contribution in [3.63, 3.8) is 0 Å². The zero-order chi connectivity index (χ0) is 18.7. The molecule has 0 saturated heterocycles. The Balaban J connectivity index is 1.72. The summed E-state index contributed by atoms with van der Waals surface area (Å²) >= 11 is 5.93. The average molecular weight is 384 g/mol. The van der Waals surface area contributed by atoms with E-state index in [0.29, 0.717) is 10.6 Å². The Morgan fingerprint density at radius 2 is 1.92 bits per heavy atom. The van der Waals surface area contributed by atoms with Crippen LogP contribution >= 0.6 is 11.6 Å². The summed E-state index contributed by atoms with van der Waals surface area (Å²) in [5.74, 6) is 0.237. The Labute approximate surface area is 152 Å². The van der Waals surface area contributed by atoms with E-state index in [9.17, 15) is 18.0 Å². The van der Waals surface area contributed by atoms with Gasteiger partial charge in [0.05, 0.1) is 12.1 Å². The SMILES string of the molecule is O=C(Nc1ccc(C(F)(F)F)cc1)N1CCOC(c2cccc(Cl)c2)=N1. The number of rotatable bonds is 2. The lowest BCUT2D eigenvalue weighted by atomic mass is 10.2. The molecule has 0 spiro atoms. The van der Waals surface area contributed by atoms with Crippen LogP contribution in [0.1, 0.15) is 11.1 Å². The molecule has 2 aromatic carbocycles. The second kappa shape index (κ2) is 7.25. The number of anilines is 1. The fourth-order valence-electron chi connectivity index (χ4n) is 2.26. The normalized spacial score (nSPS) is 14.5. The van der Waals surface area contributed by atoms with Crippen molar-refractivity contribution >= 4 is 29.2 Å². The molecule has 9 heteroatoms. The number of benzene rings is 2. The second-order valence-corrected chi connectivity index (χ2v) is 5.83. The van der Waals surface area contributed by atoms with E-state index in [4.69, 9.17) is 16.3 Å². The van der Waals surface area contributed by atoms with Crippen LogP contribution in [-0.2, 0) is 10.9 Å². The molecule has 0 saturated carbocycles. The number of nitrogens with zero attached hydrogens (tertiary/aromatic N) is 2. The van der Waals surface area contributed by atoms with E-state index in [1.165, 1.54) is 12.1 Å². The Morgan fingerprint density at radius 3 is 2.58 bits per heavy atom. The van der Waals surface area contributed by atoms with Gasteiger partial charge in [0, 0.05) is 16.3 Å². The highest BCUT2D eigenvalue weighted by Gasteiger charge is 2.30. The highest BCUT2D eigenvalue weighted by atomic mass is 35.5. The molecule has 0 atom stereocenters. The minimum Gasteiger partial charge on any atom is -0.474 e. The molecule has 0 aliphatic carbocycles. The predicted molar refractivity (Wildman–Crippen MR) is 91.1 cm³/mol. The van der Waals surface area contributed by atoms with Gasteiger partial charge in [-0.2, -0.15) is 13.2 Å². The topological polar surface area (TPSA) is 53.9 Å². The number of nitrogens with one attached hydrogen (secondary N) is 1. The maximum atomic E-state index is 12.6. The minimum atomic E-state index is -4.43. The van der Waals surface area contributed by atoms with Crippen LogP contribution < -0.4 is 5.32 Å². The Bertz CT molecular complexity index is 838. The molecule has 0 fully saturated rings. The number of halogens is 4. The first kappa shape index (κ1) is 18.1. The van der Waals surface area contributed by atoms with Crippen LogP contribution in [0.3, 0.4) is 0 Å². The fourth-order valence-corrected chi connectivity index (χ4v) is 2.45. The molecular weight excluding hydrogens is 371 g/mol. The molecule has 0 unspecified atom stereocenters. The molecule has 0 radical (unpaired) electrons. The number of carbonyl (C=O) groups is 1. The number of amides is 2. The van der Waals surface area contributed by atoms with Crippen molar-refractivity contribution in [2.75, 3.05) is 18.5 Å². The van der Waals surface area contributed by atoms with Gasteiger partial charge in [-0.1, -0.05) is 17.7 Å². The van der Waals surface area contributed by atoms with E-state index in [0.717, 1.165) is 17.1 Å². The van der Waals surface area contributed by atoms with Gasteiger partial charge < -0.3 is 10.1 Å². The summed E-state index contributed by atoms with van der Waals surface area (Å²) < 4.78 is 43.2. The highest BCUT2D eigenvalue weighted by molar-refractivity contribution is 6.30. The molecule has 1 aliphatic rings. The van der Waals surface area contributed by atoms with Crippen molar-refractivity contribution in [2.45, 2.75) is 6.18 Å². The van der Waals surface area contributed by atoms with E-state index in [-0.39, 0.29) is 24.7 Å². The van der Waals surface area contributed by atoms with E-state index in [2.05, 4.69) is 10.4 Å². The number of alkyl halides is 3. The van der Waals surface area contributed by atoms with Gasteiger partial charge in [0.25, 0.3) is 0 Å². The Hall–Kier alpha value is -2.74. The molecule has 2 amide bonds. The van der Waals surface area contributed by atoms with Crippen molar-refractivity contribution < 1.29 is 22.7 Å². The summed E-state index contributed by atoms with van der Waals surface area (Å²) in [7, 11) is 0. The summed E-state index contributed by atoms with van der Waals surface area (Å²) in [5.41, 5.74) is 0.0571. The average Bonchev–Trinajstić information content (AvgIpc) is 2.61. The van der Waals surface area contributed by atoms with Gasteiger partial charge in [-0.3, -0.25) is 0 Å². The van der Waals surface area contributed by atoms with Crippen molar-refractivity contribution in [3.8, 4) is 0 Å². The smallest absolute Gasteiger partial charge is 0.416 e. The predicted octanol–water partition coefficient (Wildman–Crippen LogP) is 4.58. The first-order chi connectivity index (χ1) is 12.3. The van der Waals surface area contributed by atoms with Crippen molar-refractivity contribution in [3.05, 3.63) is 64.7 Å². The van der Waals surface area contributed by atoms with Gasteiger partial charge in [0.1, 0.15) is 6.61 Å². The third kappa shape index (κ3) is 4.26. The zero-order valence-electron chi connectivity index (χ0n) is 13.3. The van der Waals surface area contributed by atoms with E-state index in [1.54, 1.807) is 24.3 Å². The third-order valence-electron chi connectivity index (χ3n) is 3.52. The number of carbonyl (C=O) groups excluding carboxylic acids is 1. The number of hydrazone groups is 1. The summed E-state index contributed by atoms with van der Waals surface area (Å²) in [4.78, 5) is 12.3. The van der Waals surface area contributed by atoms with Gasteiger partial charge in [-0.25, -0.2) is 9.80 Å². The molecule has 136 valence electrons. The zero-order valence-corrected chi connectivity index (χ0v) is 14.0. The van der Waals surface area contributed by atoms with Gasteiger partial charge >= 0.3 is 12.2 Å². The van der Waals surface area contributed by atoms with Crippen LogP contribution in [0.2, 0.25) is 5.02 Å².